The van der Waals surface area contributed by atoms with Crippen LogP contribution < -0.4 is 5.32 Å². The third-order valence-corrected chi connectivity index (χ3v) is 5.83. The summed E-state index contributed by atoms with van der Waals surface area (Å²) in [6.07, 6.45) is 9.12. The molecular weight excluding hydrogens is 424 g/mol. The predicted octanol–water partition coefficient (Wildman–Crippen LogP) is 4.73. The molecular formula is C26H22N8. The number of rotatable bonds is 6. The number of nitrogens with zero attached hydrogens (tertiary/aromatic N) is 5. The first kappa shape index (κ1) is 20.2. The van der Waals surface area contributed by atoms with Crippen LogP contribution in [0.1, 0.15) is 12.5 Å². The maximum absolute atomic E-state index is 4.64. The van der Waals surface area contributed by atoms with Crippen LogP contribution in [0.2, 0.25) is 0 Å². The Morgan fingerprint density at radius 1 is 0.824 bits per heavy atom. The lowest BCUT2D eigenvalue weighted by molar-refractivity contribution is 0.724. The number of aromatic nitrogens is 7. The molecule has 0 aliphatic rings. The fraction of sp³-hybridized carbons (Fsp3) is 0.115. The van der Waals surface area contributed by atoms with Crippen molar-refractivity contribution in [3.63, 3.8) is 0 Å². The highest BCUT2D eigenvalue weighted by Crippen LogP contribution is 2.33. The summed E-state index contributed by atoms with van der Waals surface area (Å²) < 4.78 is 0. The molecule has 8 heteroatoms. The molecule has 6 aromatic heterocycles. The molecule has 8 nitrogen and oxygen atoms in total. The number of fused-ring (bicyclic) bond motifs is 2. The third kappa shape index (κ3) is 3.60. The quantitative estimate of drug-likeness (QED) is 0.341. The van der Waals surface area contributed by atoms with Gasteiger partial charge in [0.2, 0.25) is 0 Å². The predicted molar refractivity (Wildman–Crippen MR) is 133 cm³/mol. The summed E-state index contributed by atoms with van der Waals surface area (Å²) in [5.41, 5.74) is 8.22. The zero-order chi connectivity index (χ0) is 22.9. The fourth-order valence-corrected chi connectivity index (χ4v) is 4.16. The lowest BCUT2D eigenvalue weighted by Gasteiger charge is -2.05. The summed E-state index contributed by atoms with van der Waals surface area (Å²) in [5.74, 6) is 0. The highest BCUT2D eigenvalue weighted by Gasteiger charge is 2.15. The van der Waals surface area contributed by atoms with Gasteiger partial charge in [-0.05, 0) is 48.5 Å². The molecule has 0 spiro atoms. The zero-order valence-electron chi connectivity index (χ0n) is 18.6. The van der Waals surface area contributed by atoms with E-state index in [0.717, 1.165) is 74.5 Å². The second-order valence-electron chi connectivity index (χ2n) is 8.07. The van der Waals surface area contributed by atoms with Crippen molar-refractivity contribution >= 4 is 21.8 Å². The highest BCUT2D eigenvalue weighted by molar-refractivity contribution is 6.00. The molecule has 3 N–H and O–H groups in total. The highest BCUT2D eigenvalue weighted by atomic mass is 15.1. The summed E-state index contributed by atoms with van der Waals surface area (Å²) in [4.78, 5) is 21.6. The number of H-pyrrole nitrogens is 2. The van der Waals surface area contributed by atoms with Gasteiger partial charge in [0.25, 0.3) is 0 Å². The normalized spacial score (nSPS) is 11.4. The maximum atomic E-state index is 4.64. The van der Waals surface area contributed by atoms with Crippen LogP contribution in [0.3, 0.4) is 0 Å². The van der Waals surface area contributed by atoms with E-state index in [2.05, 4.69) is 65.6 Å². The number of pyridine rings is 4. The SMILES string of the molecule is CCNCc1cncc(-c2cc3c(-c4cc5c(-c6ccccn6)nccc5[nH]4)n[nH]c3cn2)c1. The van der Waals surface area contributed by atoms with Crippen molar-refractivity contribution in [2.45, 2.75) is 13.5 Å². The third-order valence-electron chi connectivity index (χ3n) is 5.83. The molecule has 0 fully saturated rings. The van der Waals surface area contributed by atoms with E-state index < -0.39 is 0 Å². The van der Waals surface area contributed by atoms with E-state index in [0.29, 0.717) is 0 Å². The van der Waals surface area contributed by atoms with Gasteiger partial charge in [-0.25, -0.2) is 0 Å². The number of hydrogen-bond acceptors (Lipinski definition) is 6. The monoisotopic (exact) mass is 446 g/mol. The molecule has 0 bridgehead atoms. The second-order valence-corrected chi connectivity index (χ2v) is 8.07. The van der Waals surface area contributed by atoms with Crippen molar-refractivity contribution in [2.24, 2.45) is 0 Å². The molecule has 0 saturated heterocycles. The van der Waals surface area contributed by atoms with Crippen molar-refractivity contribution in [1.29, 1.82) is 0 Å². The maximum Gasteiger partial charge on any atom is 0.116 e. The average molecular weight is 447 g/mol. The molecule has 166 valence electrons. The van der Waals surface area contributed by atoms with Crippen molar-refractivity contribution in [3.8, 4) is 34.0 Å². The number of aromatic amines is 2. The topological polar surface area (TPSA) is 108 Å². The van der Waals surface area contributed by atoms with Gasteiger partial charge in [0.15, 0.2) is 0 Å². The van der Waals surface area contributed by atoms with Crippen molar-refractivity contribution in [2.75, 3.05) is 6.54 Å². The lowest BCUT2D eigenvalue weighted by Crippen LogP contribution is -2.11. The van der Waals surface area contributed by atoms with Crippen LogP contribution in [0.4, 0.5) is 0 Å². The summed E-state index contributed by atoms with van der Waals surface area (Å²) in [6, 6.07) is 14.1. The van der Waals surface area contributed by atoms with Crippen molar-refractivity contribution in [1.82, 2.24) is 40.4 Å². The molecule has 0 aliphatic heterocycles. The van der Waals surface area contributed by atoms with Gasteiger partial charge in [-0.15, -0.1) is 0 Å². The van der Waals surface area contributed by atoms with Crippen LogP contribution in [-0.4, -0.2) is 41.7 Å². The molecule has 6 rings (SSSR count). The van der Waals surface area contributed by atoms with E-state index >= 15 is 0 Å². The van der Waals surface area contributed by atoms with Crippen molar-refractivity contribution in [3.05, 3.63) is 79.0 Å². The van der Waals surface area contributed by atoms with Gasteiger partial charge in [-0.1, -0.05) is 13.0 Å². The largest absolute Gasteiger partial charge is 0.353 e. The molecule has 0 aliphatic carbocycles. The van der Waals surface area contributed by atoms with Gasteiger partial charge in [-0.3, -0.25) is 25.0 Å². The standard InChI is InChI=1S/C26H22N8/c1-2-27-12-16-9-17(14-28-13-16)22-10-19-24(15-31-22)33-34-26(19)23-11-18-20(32-23)6-8-30-25(18)21-5-3-4-7-29-21/h3-11,13-15,27,32H,2,12H2,1H3,(H,33,34). The summed E-state index contributed by atoms with van der Waals surface area (Å²) in [6.45, 7) is 3.78. The van der Waals surface area contributed by atoms with E-state index in [1.54, 1.807) is 12.4 Å². The first-order valence-electron chi connectivity index (χ1n) is 11.2. The molecule has 0 radical (unpaired) electrons. The Balaban J connectivity index is 1.44. The van der Waals surface area contributed by atoms with E-state index in [1.807, 2.05) is 42.9 Å². The van der Waals surface area contributed by atoms with Crippen LogP contribution in [0.25, 0.3) is 55.8 Å². The minimum absolute atomic E-state index is 0.776. The Kier molecular flexibility index (Phi) is 5.04. The Morgan fingerprint density at radius 2 is 1.76 bits per heavy atom. The van der Waals surface area contributed by atoms with Crippen molar-refractivity contribution < 1.29 is 0 Å². The smallest absolute Gasteiger partial charge is 0.116 e. The molecule has 0 saturated carbocycles. The van der Waals surface area contributed by atoms with E-state index in [-0.39, 0.29) is 0 Å². The first-order valence-corrected chi connectivity index (χ1v) is 11.2. The summed E-state index contributed by atoms with van der Waals surface area (Å²) in [7, 11) is 0. The van der Waals surface area contributed by atoms with E-state index in [1.165, 1.54) is 0 Å². The zero-order valence-corrected chi connectivity index (χ0v) is 18.6. The number of nitrogens with one attached hydrogen (secondary N) is 3. The first-order chi connectivity index (χ1) is 16.8. The Morgan fingerprint density at radius 3 is 2.65 bits per heavy atom. The Bertz CT molecular complexity index is 1600. The van der Waals surface area contributed by atoms with E-state index in [9.17, 15) is 0 Å². The molecule has 0 aromatic carbocycles. The van der Waals surface area contributed by atoms with Crippen LogP contribution in [-0.2, 0) is 6.54 Å². The van der Waals surface area contributed by atoms with Gasteiger partial charge in [0, 0.05) is 53.2 Å². The second kappa shape index (κ2) is 8.49. The molecule has 0 amide bonds. The molecule has 6 aromatic rings. The summed E-state index contributed by atoms with van der Waals surface area (Å²) >= 11 is 0. The minimum Gasteiger partial charge on any atom is -0.353 e. The van der Waals surface area contributed by atoms with Gasteiger partial charge < -0.3 is 10.3 Å². The van der Waals surface area contributed by atoms with Crippen LogP contribution in [0.15, 0.2) is 73.4 Å². The van der Waals surface area contributed by atoms with Gasteiger partial charge in [0.1, 0.15) is 5.69 Å². The molecule has 0 atom stereocenters. The molecule has 6 heterocycles. The van der Waals surface area contributed by atoms with Crippen LogP contribution in [0.5, 0.6) is 0 Å². The van der Waals surface area contributed by atoms with Gasteiger partial charge in [0.05, 0.1) is 34.5 Å². The number of hydrogen-bond donors (Lipinski definition) is 3. The van der Waals surface area contributed by atoms with Gasteiger partial charge in [-0.2, -0.15) is 5.10 Å². The Hall–Kier alpha value is -4.43. The van der Waals surface area contributed by atoms with Crippen LogP contribution >= 0.6 is 0 Å². The van der Waals surface area contributed by atoms with Gasteiger partial charge >= 0.3 is 0 Å². The van der Waals surface area contributed by atoms with E-state index in [4.69, 9.17) is 0 Å². The molecule has 34 heavy (non-hydrogen) atoms. The minimum atomic E-state index is 0.776. The average Bonchev–Trinajstić information content (AvgIpc) is 3.51. The fourth-order valence-electron chi connectivity index (χ4n) is 4.16. The molecule has 0 unspecified atom stereocenters. The Labute approximate surface area is 195 Å². The summed E-state index contributed by atoms with van der Waals surface area (Å²) in [5, 5.41) is 13.0. The lowest BCUT2D eigenvalue weighted by atomic mass is 10.1. The van der Waals surface area contributed by atoms with Crippen LogP contribution in [0, 0.1) is 0 Å².